The molecule has 3 rings (SSSR count). The molecule has 6 nitrogen and oxygen atoms in total. The Labute approximate surface area is 148 Å². The van der Waals surface area contributed by atoms with E-state index < -0.39 is 4.92 Å². The van der Waals surface area contributed by atoms with Crippen LogP contribution in [0.4, 0.5) is 5.00 Å². The normalized spacial score (nSPS) is 20.6. The molecule has 1 amide bonds. The summed E-state index contributed by atoms with van der Waals surface area (Å²) in [4.78, 5) is 26.5. The monoisotopic (exact) mass is 365 g/mol. The molecule has 2 atom stereocenters. The Bertz CT molecular complexity index is 755. The first-order valence-electron chi connectivity index (χ1n) is 7.82. The molecule has 0 spiro atoms. The molecule has 8 heteroatoms. The van der Waals surface area contributed by atoms with Gasteiger partial charge in [0.15, 0.2) is 0 Å². The Morgan fingerprint density at radius 2 is 2.21 bits per heavy atom. The van der Waals surface area contributed by atoms with Crippen molar-refractivity contribution in [3.05, 3.63) is 49.0 Å². The predicted octanol–water partition coefficient (Wildman–Crippen LogP) is 3.46. The molecular weight excluding hydrogens is 346 g/mol. The highest BCUT2D eigenvalue weighted by Crippen LogP contribution is 2.35. The number of fused-ring (bicyclic) bond motifs is 1. The van der Waals surface area contributed by atoms with Crippen molar-refractivity contribution in [2.45, 2.75) is 32.4 Å². The molecule has 0 unspecified atom stereocenters. The summed E-state index contributed by atoms with van der Waals surface area (Å²) >= 11 is 2.70. The minimum Gasteiger partial charge on any atom is -0.350 e. The van der Waals surface area contributed by atoms with Crippen molar-refractivity contribution < 1.29 is 9.72 Å². The SMILES string of the molecule is C[C@@H]1Cc2ccsc2[C@H](C)N1CCNC(=O)c1ccc([N+](=O)[O-])s1. The Morgan fingerprint density at radius 1 is 1.42 bits per heavy atom. The first-order valence-corrected chi connectivity index (χ1v) is 9.51. The number of amides is 1. The van der Waals surface area contributed by atoms with Crippen molar-refractivity contribution in [3.63, 3.8) is 0 Å². The van der Waals surface area contributed by atoms with Crippen molar-refractivity contribution in [2.24, 2.45) is 0 Å². The predicted molar refractivity (Wildman–Crippen MR) is 95.9 cm³/mol. The zero-order valence-corrected chi connectivity index (χ0v) is 15.2. The van der Waals surface area contributed by atoms with Gasteiger partial charge in [-0.15, -0.1) is 11.3 Å². The molecule has 3 heterocycles. The summed E-state index contributed by atoms with van der Waals surface area (Å²) in [5, 5.41) is 15.7. The number of nitrogens with one attached hydrogen (secondary N) is 1. The van der Waals surface area contributed by atoms with E-state index in [1.807, 2.05) is 0 Å². The minimum absolute atomic E-state index is 0.0105. The molecule has 0 radical (unpaired) electrons. The van der Waals surface area contributed by atoms with Gasteiger partial charge in [0.25, 0.3) is 5.91 Å². The maximum absolute atomic E-state index is 12.1. The van der Waals surface area contributed by atoms with E-state index in [2.05, 4.69) is 35.5 Å². The first-order chi connectivity index (χ1) is 11.5. The van der Waals surface area contributed by atoms with Crippen LogP contribution in [0.15, 0.2) is 23.6 Å². The van der Waals surface area contributed by atoms with Gasteiger partial charge in [0.1, 0.15) is 0 Å². The van der Waals surface area contributed by atoms with Gasteiger partial charge in [0.05, 0.1) is 9.80 Å². The van der Waals surface area contributed by atoms with Crippen LogP contribution in [0, 0.1) is 10.1 Å². The molecule has 0 bridgehead atoms. The zero-order valence-electron chi connectivity index (χ0n) is 13.5. The quantitative estimate of drug-likeness (QED) is 0.650. The summed E-state index contributed by atoms with van der Waals surface area (Å²) in [6.07, 6.45) is 1.04. The van der Waals surface area contributed by atoms with Gasteiger partial charge in [-0.2, -0.15) is 0 Å². The van der Waals surface area contributed by atoms with Crippen molar-refractivity contribution >= 4 is 33.6 Å². The number of thiophene rings is 2. The van der Waals surface area contributed by atoms with Crippen molar-refractivity contribution in [2.75, 3.05) is 13.1 Å². The highest BCUT2D eigenvalue weighted by Gasteiger charge is 2.29. The fraction of sp³-hybridized carbons (Fsp3) is 0.438. The second-order valence-corrected chi connectivity index (χ2v) is 7.94. The van der Waals surface area contributed by atoms with Crippen LogP contribution in [-0.2, 0) is 6.42 Å². The molecule has 0 fully saturated rings. The molecule has 1 aliphatic rings. The van der Waals surface area contributed by atoms with Gasteiger partial charge in [-0.05, 0) is 43.3 Å². The van der Waals surface area contributed by atoms with Crippen LogP contribution >= 0.6 is 22.7 Å². The number of carbonyl (C=O) groups excluding carboxylic acids is 1. The smallest absolute Gasteiger partial charge is 0.324 e. The molecule has 0 saturated heterocycles. The van der Waals surface area contributed by atoms with E-state index in [-0.39, 0.29) is 10.9 Å². The van der Waals surface area contributed by atoms with Gasteiger partial charge in [0.2, 0.25) is 0 Å². The van der Waals surface area contributed by atoms with Crippen LogP contribution in [0.2, 0.25) is 0 Å². The molecule has 0 saturated carbocycles. The average molecular weight is 365 g/mol. The summed E-state index contributed by atoms with van der Waals surface area (Å²) in [6.45, 7) is 5.70. The Hall–Kier alpha value is -1.77. The fourth-order valence-electron chi connectivity index (χ4n) is 3.20. The van der Waals surface area contributed by atoms with E-state index in [1.54, 1.807) is 11.3 Å². The molecule has 128 valence electrons. The van der Waals surface area contributed by atoms with Crippen LogP contribution in [-0.4, -0.2) is 34.9 Å². The molecule has 1 N–H and O–H groups in total. The summed E-state index contributed by atoms with van der Waals surface area (Å²) in [6, 6.07) is 5.86. The van der Waals surface area contributed by atoms with Crippen molar-refractivity contribution in [1.82, 2.24) is 10.2 Å². The van der Waals surface area contributed by atoms with Crippen LogP contribution in [0.25, 0.3) is 0 Å². The van der Waals surface area contributed by atoms with Gasteiger partial charge >= 0.3 is 5.00 Å². The Balaban J connectivity index is 1.56. The lowest BCUT2D eigenvalue weighted by Gasteiger charge is -2.38. The maximum Gasteiger partial charge on any atom is 0.324 e. The second kappa shape index (κ2) is 7.00. The number of hydrogen-bond donors (Lipinski definition) is 1. The fourth-order valence-corrected chi connectivity index (χ4v) is 4.95. The summed E-state index contributed by atoms with van der Waals surface area (Å²) in [7, 11) is 0. The first kappa shape index (κ1) is 17.1. The molecule has 0 aromatic carbocycles. The van der Waals surface area contributed by atoms with E-state index in [9.17, 15) is 14.9 Å². The standard InChI is InChI=1S/C16H19N3O3S2/c1-10-9-12-5-8-23-15(12)11(2)18(10)7-6-17-16(20)13-3-4-14(24-13)19(21)22/h3-5,8,10-11H,6-7,9H2,1-2H3,(H,17,20)/t10-,11+/m1/s1. The highest BCUT2D eigenvalue weighted by atomic mass is 32.1. The summed E-state index contributed by atoms with van der Waals surface area (Å²) in [5.74, 6) is -0.248. The topological polar surface area (TPSA) is 75.5 Å². The highest BCUT2D eigenvalue weighted by molar-refractivity contribution is 7.17. The maximum atomic E-state index is 12.1. The van der Waals surface area contributed by atoms with E-state index in [1.165, 1.54) is 22.6 Å². The van der Waals surface area contributed by atoms with Crippen molar-refractivity contribution in [1.29, 1.82) is 0 Å². The molecule has 24 heavy (non-hydrogen) atoms. The van der Waals surface area contributed by atoms with Gasteiger partial charge < -0.3 is 5.32 Å². The molecular formula is C16H19N3O3S2. The molecule has 1 aliphatic heterocycles. The van der Waals surface area contributed by atoms with E-state index in [4.69, 9.17) is 0 Å². The van der Waals surface area contributed by atoms with Crippen LogP contribution in [0.3, 0.4) is 0 Å². The number of carbonyl (C=O) groups is 1. The van der Waals surface area contributed by atoms with Crippen molar-refractivity contribution in [3.8, 4) is 0 Å². The molecule has 2 aromatic heterocycles. The summed E-state index contributed by atoms with van der Waals surface area (Å²) < 4.78 is 0. The van der Waals surface area contributed by atoms with Gasteiger partial charge in [-0.1, -0.05) is 11.3 Å². The van der Waals surface area contributed by atoms with Gasteiger partial charge in [-0.25, -0.2) is 0 Å². The largest absolute Gasteiger partial charge is 0.350 e. The molecule has 2 aromatic rings. The van der Waals surface area contributed by atoms with E-state index >= 15 is 0 Å². The van der Waals surface area contributed by atoms with Crippen LogP contribution < -0.4 is 5.32 Å². The van der Waals surface area contributed by atoms with Crippen LogP contribution in [0.5, 0.6) is 0 Å². The molecule has 0 aliphatic carbocycles. The van der Waals surface area contributed by atoms with Gasteiger partial charge in [0, 0.05) is 36.1 Å². The lowest BCUT2D eigenvalue weighted by molar-refractivity contribution is -0.380. The number of nitro groups is 1. The lowest BCUT2D eigenvalue weighted by Crippen LogP contribution is -2.44. The Morgan fingerprint density at radius 3 is 2.92 bits per heavy atom. The van der Waals surface area contributed by atoms with E-state index in [0.29, 0.717) is 23.5 Å². The number of nitrogens with zero attached hydrogens (tertiary/aromatic N) is 2. The van der Waals surface area contributed by atoms with Gasteiger partial charge in [-0.3, -0.25) is 19.8 Å². The third-order valence-electron chi connectivity index (χ3n) is 4.39. The lowest BCUT2D eigenvalue weighted by atomic mass is 9.97. The second-order valence-electron chi connectivity index (χ2n) is 5.93. The Kier molecular flexibility index (Phi) is 4.98. The zero-order chi connectivity index (χ0) is 17.3. The average Bonchev–Trinajstić information content (AvgIpc) is 3.19. The third kappa shape index (κ3) is 3.35. The number of hydrogen-bond acceptors (Lipinski definition) is 6. The minimum atomic E-state index is -0.475. The number of rotatable bonds is 5. The van der Waals surface area contributed by atoms with Crippen LogP contribution in [0.1, 0.15) is 40.0 Å². The van der Waals surface area contributed by atoms with E-state index in [0.717, 1.165) is 24.3 Å². The summed E-state index contributed by atoms with van der Waals surface area (Å²) in [5.41, 5.74) is 1.44. The third-order valence-corrected chi connectivity index (χ3v) is 6.56.